The van der Waals surface area contributed by atoms with Gasteiger partial charge in [0.1, 0.15) is 5.82 Å². The van der Waals surface area contributed by atoms with Crippen molar-refractivity contribution in [2.45, 2.75) is 30.2 Å². The Morgan fingerprint density at radius 1 is 1.24 bits per heavy atom. The number of H-pyrrole nitrogens is 1. The quantitative estimate of drug-likeness (QED) is 0.541. The average Bonchev–Trinajstić information content (AvgIpc) is 3.18. The standard InChI is InChI=1S/C19H17FN2O2S/c1-19(8-9-19)22-25(24)14-6-7-15-16(11-21-17(15)10-14)18(23)12-2-4-13(20)5-3-12/h2-7,10-11,21-22H,8-9H2,1H3. The summed E-state index contributed by atoms with van der Waals surface area (Å²) >= 11 is -1.28. The van der Waals surface area contributed by atoms with E-state index >= 15 is 0 Å². The van der Waals surface area contributed by atoms with Crippen molar-refractivity contribution in [3.8, 4) is 0 Å². The number of aromatic nitrogens is 1. The molecule has 6 heteroatoms. The second-order valence-corrected chi connectivity index (χ2v) is 7.89. The van der Waals surface area contributed by atoms with Crippen molar-refractivity contribution in [1.82, 2.24) is 9.71 Å². The summed E-state index contributed by atoms with van der Waals surface area (Å²) in [7, 11) is 0. The third-order valence-electron chi connectivity index (χ3n) is 4.56. The minimum absolute atomic E-state index is 0.0285. The SMILES string of the molecule is CC1(N[S+]([O-])c2ccc3c(C(=O)c4ccc(F)cc4)c[nH]c3c2)CC1. The number of hydrogen-bond acceptors (Lipinski definition) is 3. The summed E-state index contributed by atoms with van der Waals surface area (Å²) in [5.74, 6) is -0.553. The predicted octanol–water partition coefficient (Wildman–Crippen LogP) is 3.70. The van der Waals surface area contributed by atoms with E-state index in [9.17, 15) is 13.7 Å². The van der Waals surface area contributed by atoms with Gasteiger partial charge in [0.15, 0.2) is 10.7 Å². The zero-order valence-corrected chi connectivity index (χ0v) is 14.5. The average molecular weight is 356 g/mol. The van der Waals surface area contributed by atoms with Crippen LogP contribution in [0.4, 0.5) is 4.39 Å². The second-order valence-electron chi connectivity index (χ2n) is 6.68. The molecule has 1 fully saturated rings. The summed E-state index contributed by atoms with van der Waals surface area (Å²) in [5, 5.41) is 0.757. The summed E-state index contributed by atoms with van der Waals surface area (Å²) in [5.41, 5.74) is 1.66. The predicted molar refractivity (Wildman–Crippen MR) is 95.3 cm³/mol. The maximum Gasteiger partial charge on any atom is 0.195 e. The smallest absolute Gasteiger partial charge is 0.195 e. The second kappa shape index (κ2) is 5.98. The van der Waals surface area contributed by atoms with Crippen LogP contribution in [0, 0.1) is 5.82 Å². The molecule has 1 aliphatic rings. The third kappa shape index (κ3) is 3.20. The van der Waals surface area contributed by atoms with Crippen LogP contribution in [0.2, 0.25) is 0 Å². The summed E-state index contributed by atoms with van der Waals surface area (Å²) in [4.78, 5) is 16.4. The number of halogens is 1. The van der Waals surface area contributed by atoms with Gasteiger partial charge >= 0.3 is 0 Å². The Hall–Kier alpha value is -2.15. The number of hydrogen-bond donors (Lipinski definition) is 2. The van der Waals surface area contributed by atoms with E-state index in [-0.39, 0.29) is 17.1 Å². The van der Waals surface area contributed by atoms with E-state index in [1.54, 1.807) is 24.4 Å². The number of aromatic amines is 1. The number of benzene rings is 2. The first kappa shape index (κ1) is 16.3. The Morgan fingerprint density at radius 3 is 2.64 bits per heavy atom. The van der Waals surface area contributed by atoms with Gasteiger partial charge in [-0.05, 0) is 56.2 Å². The third-order valence-corrected chi connectivity index (χ3v) is 5.92. The number of fused-ring (bicyclic) bond motifs is 1. The molecule has 1 atom stereocenters. The van der Waals surface area contributed by atoms with Crippen molar-refractivity contribution in [3.05, 3.63) is 65.6 Å². The molecule has 4 nitrogen and oxygen atoms in total. The Bertz CT molecular complexity index is 948. The Morgan fingerprint density at radius 2 is 1.96 bits per heavy atom. The van der Waals surface area contributed by atoms with Crippen LogP contribution in [0.15, 0.2) is 53.6 Å². The highest BCUT2D eigenvalue weighted by molar-refractivity contribution is 7.89. The molecular formula is C19H17FN2O2S. The van der Waals surface area contributed by atoms with Crippen molar-refractivity contribution in [2.75, 3.05) is 0 Å². The Balaban J connectivity index is 1.63. The van der Waals surface area contributed by atoms with E-state index in [0.717, 1.165) is 23.7 Å². The maximum atomic E-state index is 13.0. The fourth-order valence-electron chi connectivity index (χ4n) is 2.74. The Kier molecular flexibility index (Phi) is 3.91. The van der Waals surface area contributed by atoms with Gasteiger partial charge in [-0.3, -0.25) is 4.79 Å². The maximum absolute atomic E-state index is 13.0. The van der Waals surface area contributed by atoms with Crippen molar-refractivity contribution in [3.63, 3.8) is 0 Å². The summed E-state index contributed by atoms with van der Waals surface area (Å²) in [6.07, 6.45) is 3.69. The van der Waals surface area contributed by atoms with Crippen molar-refractivity contribution < 1.29 is 13.7 Å². The highest BCUT2D eigenvalue weighted by Crippen LogP contribution is 2.36. The van der Waals surface area contributed by atoms with Crippen LogP contribution in [0.3, 0.4) is 0 Å². The summed E-state index contributed by atoms with van der Waals surface area (Å²) in [6.45, 7) is 2.05. The van der Waals surface area contributed by atoms with E-state index in [0.29, 0.717) is 16.0 Å². The van der Waals surface area contributed by atoms with Crippen LogP contribution in [0.25, 0.3) is 10.9 Å². The fourth-order valence-corrected chi connectivity index (χ4v) is 3.92. The first-order chi connectivity index (χ1) is 12.0. The highest BCUT2D eigenvalue weighted by Gasteiger charge is 2.42. The van der Waals surface area contributed by atoms with Crippen LogP contribution < -0.4 is 4.72 Å². The van der Waals surface area contributed by atoms with E-state index < -0.39 is 11.4 Å². The molecule has 1 heterocycles. The van der Waals surface area contributed by atoms with Gasteiger partial charge < -0.3 is 9.54 Å². The summed E-state index contributed by atoms with van der Waals surface area (Å²) < 4.78 is 28.6. The molecule has 0 amide bonds. The number of rotatable bonds is 5. The minimum Gasteiger partial charge on any atom is -0.593 e. The lowest BCUT2D eigenvalue weighted by molar-refractivity contribution is 0.104. The van der Waals surface area contributed by atoms with Crippen molar-refractivity contribution in [1.29, 1.82) is 0 Å². The number of carbonyl (C=O) groups excluding carboxylic acids is 1. The van der Waals surface area contributed by atoms with Crippen molar-refractivity contribution in [2.24, 2.45) is 0 Å². The largest absolute Gasteiger partial charge is 0.593 e. The van der Waals surface area contributed by atoms with Gasteiger partial charge in [0.05, 0.1) is 22.4 Å². The molecular weight excluding hydrogens is 339 g/mol. The zero-order chi connectivity index (χ0) is 17.6. The van der Waals surface area contributed by atoms with E-state index in [1.807, 2.05) is 0 Å². The lowest BCUT2D eigenvalue weighted by Gasteiger charge is -2.15. The normalized spacial score (nSPS) is 16.8. The Labute approximate surface area is 147 Å². The topological polar surface area (TPSA) is 67.9 Å². The molecule has 4 rings (SSSR count). The van der Waals surface area contributed by atoms with E-state index in [4.69, 9.17) is 0 Å². The van der Waals surface area contributed by atoms with Crippen LogP contribution in [0.5, 0.6) is 0 Å². The van der Waals surface area contributed by atoms with Gasteiger partial charge in [-0.25, -0.2) is 4.39 Å². The summed E-state index contributed by atoms with van der Waals surface area (Å²) in [6, 6.07) is 10.9. The molecule has 0 saturated heterocycles. The molecule has 2 aromatic carbocycles. The van der Waals surface area contributed by atoms with Gasteiger partial charge in [0.25, 0.3) is 0 Å². The van der Waals surface area contributed by atoms with Gasteiger partial charge in [-0.15, -0.1) is 4.72 Å². The van der Waals surface area contributed by atoms with Gasteiger partial charge in [-0.2, -0.15) is 0 Å². The van der Waals surface area contributed by atoms with Crippen LogP contribution in [-0.4, -0.2) is 20.9 Å². The lowest BCUT2D eigenvalue weighted by atomic mass is 10.0. The molecule has 128 valence electrons. The molecule has 1 aliphatic carbocycles. The molecule has 0 bridgehead atoms. The monoisotopic (exact) mass is 356 g/mol. The highest BCUT2D eigenvalue weighted by atomic mass is 32.2. The van der Waals surface area contributed by atoms with E-state index in [1.165, 1.54) is 24.3 Å². The molecule has 25 heavy (non-hydrogen) atoms. The van der Waals surface area contributed by atoms with Crippen LogP contribution in [-0.2, 0) is 11.4 Å². The van der Waals surface area contributed by atoms with Crippen molar-refractivity contribution >= 4 is 28.0 Å². The molecule has 0 aliphatic heterocycles. The van der Waals surface area contributed by atoms with Gasteiger partial charge in [0.2, 0.25) is 0 Å². The van der Waals surface area contributed by atoms with Gasteiger partial charge in [-0.1, -0.05) is 0 Å². The molecule has 1 aromatic heterocycles. The minimum atomic E-state index is -1.28. The molecule has 3 aromatic rings. The van der Waals surface area contributed by atoms with Crippen LogP contribution in [0.1, 0.15) is 35.7 Å². The number of carbonyl (C=O) groups is 1. The molecule has 0 spiro atoms. The van der Waals surface area contributed by atoms with Crippen LogP contribution >= 0.6 is 0 Å². The first-order valence-corrected chi connectivity index (χ1v) is 9.21. The fraction of sp³-hybridized carbons (Fsp3) is 0.211. The first-order valence-electron chi connectivity index (χ1n) is 8.06. The molecule has 1 unspecified atom stereocenters. The van der Waals surface area contributed by atoms with Gasteiger partial charge in [0, 0.05) is 28.8 Å². The zero-order valence-electron chi connectivity index (χ0n) is 13.6. The number of ketones is 1. The molecule has 2 N–H and O–H groups in total. The van der Waals surface area contributed by atoms with E-state index in [2.05, 4.69) is 16.6 Å². The molecule has 1 saturated carbocycles. The molecule has 0 radical (unpaired) electrons. The lowest BCUT2D eigenvalue weighted by Crippen LogP contribution is -2.34. The number of nitrogens with one attached hydrogen (secondary N) is 2.